The Bertz CT molecular complexity index is 1070. The molecule has 7 heteroatoms. The molecule has 1 aliphatic heterocycles. The Morgan fingerprint density at radius 1 is 1.19 bits per heavy atom. The highest BCUT2D eigenvalue weighted by Gasteiger charge is 2.32. The zero-order valence-electron chi connectivity index (χ0n) is 18.3. The van der Waals surface area contributed by atoms with Gasteiger partial charge in [0.15, 0.2) is 0 Å². The van der Waals surface area contributed by atoms with Crippen molar-refractivity contribution in [2.75, 3.05) is 18.4 Å². The summed E-state index contributed by atoms with van der Waals surface area (Å²) >= 11 is 0. The predicted octanol–water partition coefficient (Wildman–Crippen LogP) is 5.04. The number of hydrogen-bond acceptors (Lipinski definition) is 4. The number of rotatable bonds is 5. The largest absolute Gasteiger partial charge is 0.444 e. The van der Waals surface area contributed by atoms with Gasteiger partial charge in [0.25, 0.3) is 0 Å². The molecule has 0 bridgehead atoms. The standard InChI is InChI=1S/C24H29FN4O2/c1-24(2,3)31-23(30)28-14-8-10-18(28)15-26-22-27-20-12-6-7-13-21(20)29(22)16-17-9-4-5-11-19(17)25/h4-7,9,11-13,18H,8,10,14-16H2,1-3H3,(H,26,27)/t18-/m0/s1. The summed E-state index contributed by atoms with van der Waals surface area (Å²) in [7, 11) is 0. The first-order chi connectivity index (χ1) is 14.8. The van der Waals surface area contributed by atoms with Crippen LogP contribution in [0.4, 0.5) is 15.1 Å². The molecule has 31 heavy (non-hydrogen) atoms. The molecule has 0 radical (unpaired) electrons. The van der Waals surface area contributed by atoms with Gasteiger partial charge in [-0.1, -0.05) is 30.3 Å². The molecular weight excluding hydrogens is 395 g/mol. The summed E-state index contributed by atoms with van der Waals surface area (Å²) in [5.41, 5.74) is 1.86. The molecule has 1 N–H and O–H groups in total. The van der Waals surface area contributed by atoms with E-state index in [9.17, 15) is 9.18 Å². The van der Waals surface area contributed by atoms with Crippen molar-refractivity contribution in [3.8, 4) is 0 Å². The van der Waals surface area contributed by atoms with Crippen LogP contribution in [0.2, 0.25) is 0 Å². The number of nitrogens with zero attached hydrogens (tertiary/aromatic N) is 3. The Balaban J connectivity index is 1.54. The van der Waals surface area contributed by atoms with Crippen molar-refractivity contribution >= 4 is 23.1 Å². The van der Waals surface area contributed by atoms with Gasteiger partial charge >= 0.3 is 6.09 Å². The molecular formula is C24H29FN4O2. The zero-order chi connectivity index (χ0) is 22.0. The van der Waals surface area contributed by atoms with Crippen LogP contribution < -0.4 is 5.32 Å². The second-order valence-electron chi connectivity index (χ2n) is 8.95. The minimum Gasteiger partial charge on any atom is -0.444 e. The Morgan fingerprint density at radius 2 is 1.94 bits per heavy atom. The number of carbonyl (C=O) groups is 1. The smallest absolute Gasteiger partial charge is 0.410 e. The van der Waals surface area contributed by atoms with Gasteiger partial charge in [0.05, 0.1) is 23.6 Å². The molecule has 0 saturated carbocycles. The first-order valence-corrected chi connectivity index (χ1v) is 10.7. The van der Waals surface area contributed by atoms with Gasteiger partial charge in [-0.15, -0.1) is 0 Å². The third-order valence-corrected chi connectivity index (χ3v) is 5.44. The summed E-state index contributed by atoms with van der Waals surface area (Å²) in [6.45, 7) is 7.24. The number of para-hydroxylation sites is 2. The number of fused-ring (bicyclic) bond motifs is 1. The molecule has 4 rings (SSSR count). The third kappa shape index (κ3) is 4.81. The average Bonchev–Trinajstić information content (AvgIpc) is 3.32. The number of carbonyl (C=O) groups excluding carboxylic acids is 1. The lowest BCUT2D eigenvalue weighted by Crippen LogP contribution is -2.42. The maximum atomic E-state index is 14.3. The van der Waals surface area contributed by atoms with Gasteiger partial charge < -0.3 is 19.5 Å². The Morgan fingerprint density at radius 3 is 2.71 bits per heavy atom. The molecule has 164 valence electrons. The van der Waals surface area contributed by atoms with Crippen LogP contribution in [0.3, 0.4) is 0 Å². The van der Waals surface area contributed by atoms with Gasteiger partial charge in [-0.25, -0.2) is 14.2 Å². The van der Waals surface area contributed by atoms with E-state index in [1.54, 1.807) is 17.0 Å². The fourth-order valence-corrected chi connectivity index (χ4v) is 3.99. The number of benzene rings is 2. The highest BCUT2D eigenvalue weighted by molar-refractivity contribution is 5.78. The average molecular weight is 425 g/mol. The Kier molecular flexibility index (Phi) is 5.85. The van der Waals surface area contributed by atoms with Crippen LogP contribution in [0.5, 0.6) is 0 Å². The lowest BCUT2D eigenvalue weighted by molar-refractivity contribution is 0.0235. The number of likely N-dealkylation sites (tertiary alicyclic amines) is 1. The molecule has 2 aromatic carbocycles. The van der Waals surface area contributed by atoms with Crippen molar-refractivity contribution in [2.24, 2.45) is 0 Å². The second kappa shape index (κ2) is 8.57. The number of ether oxygens (including phenoxy) is 1. The van der Waals surface area contributed by atoms with E-state index in [-0.39, 0.29) is 18.0 Å². The number of anilines is 1. The minimum atomic E-state index is -0.522. The summed E-state index contributed by atoms with van der Waals surface area (Å²) in [6.07, 6.45) is 1.56. The van der Waals surface area contributed by atoms with Crippen LogP contribution in [0, 0.1) is 5.82 Å². The first-order valence-electron chi connectivity index (χ1n) is 10.7. The van der Waals surface area contributed by atoms with Crippen LogP contribution in [0.25, 0.3) is 11.0 Å². The van der Waals surface area contributed by atoms with E-state index in [1.807, 2.05) is 55.7 Å². The quantitative estimate of drug-likeness (QED) is 0.624. The van der Waals surface area contributed by atoms with Gasteiger partial charge in [-0.3, -0.25) is 0 Å². The summed E-state index contributed by atoms with van der Waals surface area (Å²) in [5, 5.41) is 3.41. The van der Waals surface area contributed by atoms with E-state index >= 15 is 0 Å². The van der Waals surface area contributed by atoms with E-state index in [0.29, 0.717) is 31.1 Å². The van der Waals surface area contributed by atoms with E-state index in [4.69, 9.17) is 9.72 Å². The topological polar surface area (TPSA) is 59.4 Å². The summed E-state index contributed by atoms with van der Waals surface area (Å²) < 4.78 is 21.9. The van der Waals surface area contributed by atoms with E-state index in [2.05, 4.69) is 5.32 Å². The highest BCUT2D eigenvalue weighted by atomic mass is 19.1. The number of nitrogens with one attached hydrogen (secondary N) is 1. The van der Waals surface area contributed by atoms with Crippen molar-refractivity contribution in [1.29, 1.82) is 0 Å². The molecule has 1 fully saturated rings. The van der Waals surface area contributed by atoms with Crippen molar-refractivity contribution in [2.45, 2.75) is 51.8 Å². The molecule has 0 aliphatic carbocycles. The number of halogens is 1. The number of imidazole rings is 1. The van der Waals surface area contributed by atoms with E-state index < -0.39 is 5.60 Å². The monoisotopic (exact) mass is 424 g/mol. The van der Waals surface area contributed by atoms with E-state index in [1.165, 1.54) is 6.07 Å². The molecule has 6 nitrogen and oxygen atoms in total. The Hall–Kier alpha value is -3.09. The molecule has 1 saturated heterocycles. The fraction of sp³-hybridized carbons (Fsp3) is 0.417. The zero-order valence-corrected chi connectivity index (χ0v) is 18.3. The van der Waals surface area contributed by atoms with Crippen molar-refractivity contribution in [3.63, 3.8) is 0 Å². The SMILES string of the molecule is CC(C)(C)OC(=O)N1CCC[C@H]1CNc1nc2ccccc2n1Cc1ccccc1F. The summed E-state index contributed by atoms with van der Waals surface area (Å²) in [6, 6.07) is 14.6. The fourth-order valence-electron chi connectivity index (χ4n) is 3.99. The van der Waals surface area contributed by atoms with Crippen LogP contribution in [-0.4, -0.2) is 45.3 Å². The first kappa shape index (κ1) is 21.2. The molecule has 1 amide bonds. The van der Waals surface area contributed by atoms with Gasteiger partial charge in [0.2, 0.25) is 5.95 Å². The molecule has 3 aromatic rings. The molecule has 0 unspecified atom stereocenters. The maximum absolute atomic E-state index is 14.3. The molecule has 0 spiro atoms. The summed E-state index contributed by atoms with van der Waals surface area (Å²) in [4.78, 5) is 19.1. The number of hydrogen-bond donors (Lipinski definition) is 1. The molecule has 2 heterocycles. The van der Waals surface area contributed by atoms with Crippen LogP contribution >= 0.6 is 0 Å². The second-order valence-corrected chi connectivity index (χ2v) is 8.95. The van der Waals surface area contributed by atoms with Crippen LogP contribution in [-0.2, 0) is 11.3 Å². The third-order valence-electron chi connectivity index (χ3n) is 5.44. The number of aromatic nitrogens is 2. The van der Waals surface area contributed by atoms with Gasteiger partial charge in [0, 0.05) is 18.7 Å². The lowest BCUT2D eigenvalue weighted by atomic mass is 10.2. The van der Waals surface area contributed by atoms with Crippen molar-refractivity contribution in [3.05, 3.63) is 59.9 Å². The maximum Gasteiger partial charge on any atom is 0.410 e. The van der Waals surface area contributed by atoms with Gasteiger partial charge in [0.1, 0.15) is 11.4 Å². The normalized spacial score (nSPS) is 16.6. The van der Waals surface area contributed by atoms with Crippen LogP contribution in [0.1, 0.15) is 39.2 Å². The van der Waals surface area contributed by atoms with Crippen LogP contribution in [0.15, 0.2) is 48.5 Å². The molecule has 1 aliphatic rings. The van der Waals surface area contributed by atoms with E-state index in [0.717, 1.165) is 23.9 Å². The lowest BCUT2D eigenvalue weighted by Gasteiger charge is -2.28. The highest BCUT2D eigenvalue weighted by Crippen LogP contribution is 2.24. The van der Waals surface area contributed by atoms with Crippen molar-refractivity contribution in [1.82, 2.24) is 14.5 Å². The van der Waals surface area contributed by atoms with Gasteiger partial charge in [-0.2, -0.15) is 0 Å². The number of amides is 1. The summed E-state index contributed by atoms with van der Waals surface area (Å²) in [5.74, 6) is 0.429. The van der Waals surface area contributed by atoms with Crippen molar-refractivity contribution < 1.29 is 13.9 Å². The van der Waals surface area contributed by atoms with Gasteiger partial charge in [-0.05, 0) is 51.8 Å². The Labute approximate surface area is 182 Å². The predicted molar refractivity (Wildman–Crippen MR) is 120 cm³/mol. The molecule has 1 aromatic heterocycles. The minimum absolute atomic E-state index is 0.0246. The molecule has 1 atom stereocenters.